The van der Waals surface area contributed by atoms with Crippen molar-refractivity contribution in [3.05, 3.63) is 0 Å². The maximum absolute atomic E-state index is 5.81. The first-order chi connectivity index (χ1) is 8.88. The predicted molar refractivity (Wildman–Crippen MR) is 87.3 cm³/mol. The molecule has 2 rings (SSSR count). The SMILES string of the molecule is CN=C(NCCCOC1CCOCC1)NC1CC1.I. The molecule has 1 heterocycles. The molecule has 0 atom stereocenters. The van der Waals surface area contributed by atoms with Crippen LogP contribution in [0, 0.1) is 0 Å². The third-order valence-electron chi connectivity index (χ3n) is 3.28. The molecule has 1 aliphatic carbocycles. The predicted octanol–water partition coefficient (Wildman–Crippen LogP) is 1.52. The summed E-state index contributed by atoms with van der Waals surface area (Å²) in [6, 6.07) is 0.648. The Morgan fingerprint density at radius 3 is 2.63 bits per heavy atom. The zero-order valence-corrected chi connectivity index (χ0v) is 14.0. The van der Waals surface area contributed by atoms with Crippen molar-refractivity contribution in [2.75, 3.05) is 33.4 Å². The van der Waals surface area contributed by atoms with E-state index in [1.807, 2.05) is 7.05 Å². The number of nitrogens with one attached hydrogen (secondary N) is 2. The molecule has 1 saturated carbocycles. The quantitative estimate of drug-likeness (QED) is 0.316. The van der Waals surface area contributed by atoms with E-state index < -0.39 is 0 Å². The van der Waals surface area contributed by atoms with E-state index >= 15 is 0 Å². The van der Waals surface area contributed by atoms with Crippen LogP contribution >= 0.6 is 24.0 Å². The monoisotopic (exact) mass is 383 g/mol. The maximum Gasteiger partial charge on any atom is 0.191 e. The van der Waals surface area contributed by atoms with E-state index in [0.717, 1.165) is 51.6 Å². The van der Waals surface area contributed by atoms with Crippen LogP contribution in [-0.4, -0.2) is 51.5 Å². The van der Waals surface area contributed by atoms with Gasteiger partial charge in [0.1, 0.15) is 0 Å². The van der Waals surface area contributed by atoms with Gasteiger partial charge in [0.05, 0.1) is 6.10 Å². The van der Waals surface area contributed by atoms with Gasteiger partial charge in [-0.15, -0.1) is 24.0 Å². The summed E-state index contributed by atoms with van der Waals surface area (Å²) in [7, 11) is 1.82. The Balaban J connectivity index is 0.00000180. The van der Waals surface area contributed by atoms with E-state index in [1.54, 1.807) is 0 Å². The van der Waals surface area contributed by atoms with Gasteiger partial charge in [0, 0.05) is 39.5 Å². The fourth-order valence-corrected chi connectivity index (χ4v) is 1.99. The van der Waals surface area contributed by atoms with Crippen molar-refractivity contribution >= 4 is 29.9 Å². The molecule has 0 aromatic heterocycles. The minimum absolute atomic E-state index is 0. The Morgan fingerprint density at radius 2 is 2.00 bits per heavy atom. The number of guanidine groups is 1. The van der Waals surface area contributed by atoms with Gasteiger partial charge < -0.3 is 20.1 Å². The number of halogens is 1. The molecule has 2 fully saturated rings. The van der Waals surface area contributed by atoms with Crippen molar-refractivity contribution < 1.29 is 9.47 Å². The van der Waals surface area contributed by atoms with Crippen molar-refractivity contribution in [3.8, 4) is 0 Å². The lowest BCUT2D eigenvalue weighted by Crippen LogP contribution is -2.39. The van der Waals surface area contributed by atoms with E-state index in [2.05, 4.69) is 15.6 Å². The largest absolute Gasteiger partial charge is 0.381 e. The van der Waals surface area contributed by atoms with E-state index in [4.69, 9.17) is 9.47 Å². The Hall–Kier alpha value is -0.0800. The molecule has 6 heteroatoms. The molecule has 5 nitrogen and oxygen atoms in total. The highest BCUT2D eigenvalue weighted by molar-refractivity contribution is 14.0. The van der Waals surface area contributed by atoms with Gasteiger partial charge in [-0.1, -0.05) is 0 Å². The Kier molecular flexibility index (Phi) is 8.72. The first kappa shape index (κ1) is 17.0. The van der Waals surface area contributed by atoms with Crippen LogP contribution in [0.3, 0.4) is 0 Å². The van der Waals surface area contributed by atoms with Crippen LogP contribution in [0.25, 0.3) is 0 Å². The molecule has 0 aromatic carbocycles. The average molecular weight is 383 g/mol. The lowest BCUT2D eigenvalue weighted by molar-refractivity contribution is -0.0320. The summed E-state index contributed by atoms with van der Waals surface area (Å²) in [6.45, 7) is 3.43. The Labute approximate surface area is 132 Å². The highest BCUT2D eigenvalue weighted by Crippen LogP contribution is 2.18. The summed E-state index contributed by atoms with van der Waals surface area (Å²) < 4.78 is 11.1. The first-order valence-electron chi connectivity index (χ1n) is 7.05. The number of aliphatic imine (C=N–C) groups is 1. The van der Waals surface area contributed by atoms with Crippen LogP contribution in [0.2, 0.25) is 0 Å². The lowest BCUT2D eigenvalue weighted by atomic mass is 10.1. The molecule has 0 unspecified atom stereocenters. The van der Waals surface area contributed by atoms with Crippen LogP contribution in [-0.2, 0) is 9.47 Å². The molecule has 1 saturated heterocycles. The molecule has 0 radical (unpaired) electrons. The minimum atomic E-state index is 0. The van der Waals surface area contributed by atoms with Gasteiger partial charge in [-0.2, -0.15) is 0 Å². The number of nitrogens with zero attached hydrogens (tertiary/aromatic N) is 1. The van der Waals surface area contributed by atoms with E-state index in [9.17, 15) is 0 Å². The Bertz CT molecular complexity index is 267. The molecular weight excluding hydrogens is 357 g/mol. The van der Waals surface area contributed by atoms with Gasteiger partial charge in [-0.05, 0) is 32.1 Å². The molecule has 2 aliphatic rings. The smallest absolute Gasteiger partial charge is 0.191 e. The van der Waals surface area contributed by atoms with Crippen LogP contribution in [0.5, 0.6) is 0 Å². The molecule has 1 aliphatic heterocycles. The Morgan fingerprint density at radius 1 is 1.26 bits per heavy atom. The van der Waals surface area contributed by atoms with Crippen LogP contribution in [0.1, 0.15) is 32.1 Å². The number of hydrogen-bond acceptors (Lipinski definition) is 3. The van der Waals surface area contributed by atoms with Crippen LogP contribution in [0.4, 0.5) is 0 Å². The molecule has 0 spiro atoms. The van der Waals surface area contributed by atoms with Crippen molar-refractivity contribution in [2.45, 2.75) is 44.2 Å². The zero-order valence-electron chi connectivity index (χ0n) is 11.7. The van der Waals surface area contributed by atoms with Crippen LogP contribution in [0.15, 0.2) is 4.99 Å². The van der Waals surface area contributed by atoms with Crippen LogP contribution < -0.4 is 10.6 Å². The summed E-state index contributed by atoms with van der Waals surface area (Å²) in [5.41, 5.74) is 0. The second kappa shape index (κ2) is 9.77. The number of ether oxygens (including phenoxy) is 2. The van der Waals surface area contributed by atoms with E-state index in [-0.39, 0.29) is 24.0 Å². The van der Waals surface area contributed by atoms with Gasteiger partial charge in [0.15, 0.2) is 5.96 Å². The second-order valence-electron chi connectivity index (χ2n) is 4.95. The summed E-state index contributed by atoms with van der Waals surface area (Å²) in [5.74, 6) is 0.920. The van der Waals surface area contributed by atoms with Crippen molar-refractivity contribution in [3.63, 3.8) is 0 Å². The van der Waals surface area contributed by atoms with Gasteiger partial charge in [0.25, 0.3) is 0 Å². The van der Waals surface area contributed by atoms with E-state index in [0.29, 0.717) is 12.1 Å². The third kappa shape index (κ3) is 7.31. The summed E-state index contributed by atoms with van der Waals surface area (Å²) >= 11 is 0. The fraction of sp³-hybridized carbons (Fsp3) is 0.923. The highest BCUT2D eigenvalue weighted by atomic mass is 127. The molecule has 19 heavy (non-hydrogen) atoms. The molecular formula is C13H26IN3O2. The second-order valence-corrected chi connectivity index (χ2v) is 4.95. The van der Waals surface area contributed by atoms with Crippen molar-refractivity contribution in [1.29, 1.82) is 0 Å². The number of rotatable bonds is 6. The maximum atomic E-state index is 5.81. The molecule has 112 valence electrons. The topological polar surface area (TPSA) is 54.9 Å². The minimum Gasteiger partial charge on any atom is -0.381 e. The van der Waals surface area contributed by atoms with Gasteiger partial charge >= 0.3 is 0 Å². The van der Waals surface area contributed by atoms with Gasteiger partial charge in [-0.25, -0.2) is 0 Å². The molecule has 0 bridgehead atoms. The third-order valence-corrected chi connectivity index (χ3v) is 3.28. The van der Waals surface area contributed by atoms with Gasteiger partial charge in [0.2, 0.25) is 0 Å². The standard InChI is InChI=1S/C13H25N3O2.HI/c1-14-13(16-11-3-4-11)15-7-2-8-18-12-5-9-17-10-6-12;/h11-12H,2-10H2,1H3,(H2,14,15,16);1H. The summed E-state index contributed by atoms with van der Waals surface area (Å²) in [6.07, 6.45) is 6.04. The highest BCUT2D eigenvalue weighted by Gasteiger charge is 2.21. The normalized spacial score (nSPS) is 20.8. The molecule has 0 amide bonds. The van der Waals surface area contributed by atoms with Crippen molar-refractivity contribution in [1.82, 2.24) is 10.6 Å². The lowest BCUT2D eigenvalue weighted by Gasteiger charge is -2.22. The van der Waals surface area contributed by atoms with Gasteiger partial charge in [-0.3, -0.25) is 4.99 Å². The average Bonchev–Trinajstić information content (AvgIpc) is 3.22. The molecule has 0 aromatic rings. The first-order valence-corrected chi connectivity index (χ1v) is 7.05. The summed E-state index contributed by atoms with van der Waals surface area (Å²) in [4.78, 5) is 4.19. The number of hydrogen-bond donors (Lipinski definition) is 2. The molecule has 2 N–H and O–H groups in total. The van der Waals surface area contributed by atoms with E-state index in [1.165, 1.54) is 12.8 Å². The van der Waals surface area contributed by atoms with Crippen molar-refractivity contribution in [2.24, 2.45) is 4.99 Å². The summed E-state index contributed by atoms with van der Waals surface area (Å²) in [5, 5.41) is 6.68. The zero-order chi connectivity index (χ0) is 12.6. The fourth-order valence-electron chi connectivity index (χ4n) is 1.99.